The van der Waals surface area contributed by atoms with E-state index in [0.29, 0.717) is 6.54 Å². The van der Waals surface area contributed by atoms with Crippen molar-refractivity contribution in [2.45, 2.75) is 6.54 Å². The molecule has 1 aromatic carbocycles. The lowest BCUT2D eigenvalue weighted by Gasteiger charge is -1.99. The van der Waals surface area contributed by atoms with Gasteiger partial charge in [-0.15, -0.1) is 0 Å². The number of nitrogens with zero attached hydrogens (tertiary/aromatic N) is 1. The fourth-order valence-corrected chi connectivity index (χ4v) is 2.03. The molecule has 0 amide bonds. The number of hydrogen-bond donors (Lipinski definition) is 2. The van der Waals surface area contributed by atoms with Crippen molar-refractivity contribution in [1.82, 2.24) is 15.5 Å². The van der Waals surface area contributed by atoms with Crippen molar-refractivity contribution in [3.05, 3.63) is 40.2 Å². The summed E-state index contributed by atoms with van der Waals surface area (Å²) in [5.74, 6) is -0.262. The van der Waals surface area contributed by atoms with Crippen LogP contribution in [0.3, 0.4) is 0 Å². The van der Waals surface area contributed by atoms with Crippen LogP contribution in [-0.2, 0) is 6.54 Å². The van der Waals surface area contributed by atoms with Crippen molar-refractivity contribution in [1.29, 1.82) is 0 Å². The van der Waals surface area contributed by atoms with Gasteiger partial charge in [-0.2, -0.15) is 5.10 Å². The summed E-state index contributed by atoms with van der Waals surface area (Å²) in [5, 5.41) is 10.1. The first-order valence-corrected chi connectivity index (χ1v) is 5.65. The second-order valence-electron chi connectivity index (χ2n) is 3.41. The molecule has 1 heterocycles. The van der Waals surface area contributed by atoms with Crippen molar-refractivity contribution < 1.29 is 4.39 Å². The molecule has 84 valence electrons. The third-order valence-electron chi connectivity index (χ3n) is 2.23. The Hall–Kier alpha value is -1.20. The lowest BCUT2D eigenvalue weighted by atomic mass is 10.1. The van der Waals surface area contributed by atoms with Gasteiger partial charge in [0, 0.05) is 12.1 Å². The second kappa shape index (κ2) is 4.76. The quantitative estimate of drug-likeness (QED) is 0.909. The molecule has 0 bridgehead atoms. The van der Waals surface area contributed by atoms with Crippen LogP contribution in [0.2, 0.25) is 0 Å². The molecule has 0 aliphatic carbocycles. The number of aromatic amines is 1. The summed E-state index contributed by atoms with van der Waals surface area (Å²) in [6, 6.07) is 6.37. The number of rotatable bonds is 3. The molecule has 0 atom stereocenters. The molecule has 2 N–H and O–H groups in total. The molecule has 0 aliphatic heterocycles. The Morgan fingerprint density at radius 3 is 3.00 bits per heavy atom. The Bertz CT molecular complexity index is 496. The average molecular weight is 284 g/mol. The third kappa shape index (κ3) is 2.15. The summed E-state index contributed by atoms with van der Waals surface area (Å²) >= 11 is 3.46. The molecule has 5 heteroatoms. The Balaban J connectivity index is 2.41. The van der Waals surface area contributed by atoms with E-state index in [-0.39, 0.29) is 5.82 Å². The summed E-state index contributed by atoms with van der Waals surface area (Å²) in [4.78, 5) is 0. The van der Waals surface area contributed by atoms with Gasteiger partial charge in [0.05, 0.1) is 10.2 Å². The number of hydrogen-bond acceptors (Lipinski definition) is 2. The number of halogens is 2. The highest BCUT2D eigenvalue weighted by Crippen LogP contribution is 2.28. The maximum atomic E-state index is 13.1. The van der Waals surface area contributed by atoms with Crippen molar-refractivity contribution in [2.24, 2.45) is 0 Å². The maximum Gasteiger partial charge on any atom is 0.123 e. The van der Waals surface area contributed by atoms with Crippen LogP contribution in [0, 0.1) is 5.82 Å². The summed E-state index contributed by atoms with van der Waals surface area (Å²) in [6.45, 7) is 0.683. The highest BCUT2D eigenvalue weighted by Gasteiger charge is 2.11. The summed E-state index contributed by atoms with van der Waals surface area (Å²) in [6.07, 6.45) is 0. The molecule has 0 unspecified atom stereocenters. The van der Waals surface area contributed by atoms with Gasteiger partial charge >= 0.3 is 0 Å². The van der Waals surface area contributed by atoms with E-state index < -0.39 is 0 Å². The van der Waals surface area contributed by atoms with Gasteiger partial charge in [0.15, 0.2) is 0 Å². The minimum atomic E-state index is -0.262. The molecule has 0 radical (unpaired) electrons. The molecule has 0 spiro atoms. The van der Waals surface area contributed by atoms with Crippen LogP contribution in [0.1, 0.15) is 5.69 Å². The second-order valence-corrected chi connectivity index (χ2v) is 4.20. The zero-order valence-corrected chi connectivity index (χ0v) is 10.3. The van der Waals surface area contributed by atoms with Gasteiger partial charge in [0.1, 0.15) is 11.5 Å². The molecular formula is C11H11BrFN3. The molecular weight excluding hydrogens is 273 g/mol. The molecule has 0 aliphatic rings. The minimum Gasteiger partial charge on any atom is -0.314 e. The Morgan fingerprint density at radius 1 is 1.50 bits per heavy atom. The van der Waals surface area contributed by atoms with E-state index in [2.05, 4.69) is 31.4 Å². The third-order valence-corrected chi connectivity index (χ3v) is 3.08. The molecule has 3 nitrogen and oxygen atoms in total. The largest absolute Gasteiger partial charge is 0.314 e. The van der Waals surface area contributed by atoms with Gasteiger partial charge < -0.3 is 5.32 Å². The minimum absolute atomic E-state index is 0.262. The fraction of sp³-hybridized carbons (Fsp3) is 0.182. The van der Waals surface area contributed by atoms with Crippen LogP contribution in [0.4, 0.5) is 4.39 Å². The SMILES string of the molecule is CNCc1[nH]nc(-c2cccc(F)c2)c1Br. The first-order valence-electron chi connectivity index (χ1n) is 4.85. The lowest BCUT2D eigenvalue weighted by molar-refractivity contribution is 0.628. The topological polar surface area (TPSA) is 40.7 Å². The lowest BCUT2D eigenvalue weighted by Crippen LogP contribution is -2.05. The summed E-state index contributed by atoms with van der Waals surface area (Å²) in [7, 11) is 1.86. The van der Waals surface area contributed by atoms with Crippen molar-refractivity contribution >= 4 is 15.9 Å². The summed E-state index contributed by atoms with van der Waals surface area (Å²) in [5.41, 5.74) is 2.43. The number of benzene rings is 1. The van der Waals surface area contributed by atoms with Crippen LogP contribution >= 0.6 is 15.9 Å². The zero-order chi connectivity index (χ0) is 11.5. The van der Waals surface area contributed by atoms with Crippen LogP contribution in [-0.4, -0.2) is 17.2 Å². The Labute approximate surface area is 101 Å². The van der Waals surface area contributed by atoms with Gasteiger partial charge in [-0.05, 0) is 35.1 Å². The molecule has 16 heavy (non-hydrogen) atoms. The van der Waals surface area contributed by atoms with E-state index in [1.807, 2.05) is 13.1 Å². The normalized spacial score (nSPS) is 10.7. The predicted octanol–water partition coefficient (Wildman–Crippen LogP) is 2.70. The highest BCUT2D eigenvalue weighted by molar-refractivity contribution is 9.10. The van der Waals surface area contributed by atoms with E-state index >= 15 is 0 Å². The van der Waals surface area contributed by atoms with Crippen molar-refractivity contribution in [3.63, 3.8) is 0 Å². The molecule has 1 aromatic heterocycles. The first-order chi connectivity index (χ1) is 7.72. The van der Waals surface area contributed by atoms with E-state index in [0.717, 1.165) is 21.4 Å². The van der Waals surface area contributed by atoms with E-state index in [4.69, 9.17) is 0 Å². The van der Waals surface area contributed by atoms with Crippen molar-refractivity contribution in [2.75, 3.05) is 7.05 Å². The number of H-pyrrole nitrogens is 1. The maximum absolute atomic E-state index is 13.1. The van der Waals surface area contributed by atoms with E-state index in [9.17, 15) is 4.39 Å². The van der Waals surface area contributed by atoms with Gasteiger partial charge in [0.25, 0.3) is 0 Å². The standard InChI is InChI=1S/C11H11BrFN3/c1-14-6-9-10(12)11(16-15-9)7-3-2-4-8(13)5-7/h2-5,14H,6H2,1H3,(H,15,16). The van der Waals surface area contributed by atoms with Gasteiger partial charge in [-0.1, -0.05) is 12.1 Å². The predicted molar refractivity (Wildman–Crippen MR) is 64.4 cm³/mol. The first kappa shape index (κ1) is 11.3. The Kier molecular flexibility index (Phi) is 3.36. The van der Waals surface area contributed by atoms with Crippen LogP contribution in [0.5, 0.6) is 0 Å². The zero-order valence-electron chi connectivity index (χ0n) is 8.72. The van der Waals surface area contributed by atoms with Gasteiger partial charge in [-0.25, -0.2) is 4.39 Å². The van der Waals surface area contributed by atoms with Crippen molar-refractivity contribution in [3.8, 4) is 11.3 Å². The Morgan fingerprint density at radius 2 is 2.31 bits per heavy atom. The molecule has 0 saturated carbocycles. The van der Waals surface area contributed by atoms with Crippen LogP contribution < -0.4 is 5.32 Å². The molecule has 2 rings (SSSR count). The van der Waals surface area contributed by atoms with Crippen LogP contribution in [0.25, 0.3) is 11.3 Å². The van der Waals surface area contributed by atoms with Gasteiger partial charge in [-0.3, -0.25) is 5.10 Å². The molecule has 2 aromatic rings. The fourth-order valence-electron chi connectivity index (χ4n) is 1.49. The molecule has 0 saturated heterocycles. The monoisotopic (exact) mass is 283 g/mol. The van der Waals surface area contributed by atoms with E-state index in [1.165, 1.54) is 12.1 Å². The summed E-state index contributed by atoms with van der Waals surface area (Å²) < 4.78 is 13.9. The van der Waals surface area contributed by atoms with Crippen LogP contribution in [0.15, 0.2) is 28.7 Å². The number of nitrogens with one attached hydrogen (secondary N) is 2. The smallest absolute Gasteiger partial charge is 0.123 e. The highest BCUT2D eigenvalue weighted by atomic mass is 79.9. The van der Waals surface area contributed by atoms with Gasteiger partial charge in [0.2, 0.25) is 0 Å². The number of aromatic nitrogens is 2. The van der Waals surface area contributed by atoms with E-state index in [1.54, 1.807) is 6.07 Å². The molecule has 0 fully saturated rings. The average Bonchev–Trinajstić information content (AvgIpc) is 2.61.